The molecule has 0 atom stereocenters. The number of aromatic nitrogens is 2. The van der Waals surface area contributed by atoms with Crippen molar-refractivity contribution in [1.82, 2.24) is 9.97 Å². The zero-order valence-corrected chi connectivity index (χ0v) is 19.9. The van der Waals surface area contributed by atoms with Crippen LogP contribution in [-0.2, 0) is 16.1 Å². The number of hydrogen-bond donors (Lipinski definition) is 1. The maximum atomic E-state index is 12.1. The van der Waals surface area contributed by atoms with Gasteiger partial charge in [-0.1, -0.05) is 6.07 Å². The standard InChI is InChI=1S/C25H28N4O3S/c1-16-10-19(29-33(2,3)31)13-23-25(16)22(27-15-28-23)12-18-5-4-17(14-26)11-24(18)32-21-8-6-20(30)7-9-21/h4-5,10-11,13,15,20-21,30H,6-9,12H2,1-3H3. The number of ether oxygens (including phenoxy) is 1. The Morgan fingerprint density at radius 3 is 2.64 bits per heavy atom. The summed E-state index contributed by atoms with van der Waals surface area (Å²) in [4.78, 5) is 8.98. The van der Waals surface area contributed by atoms with Crippen LogP contribution in [-0.4, -0.2) is 44.0 Å². The largest absolute Gasteiger partial charge is 0.490 e. The third kappa shape index (κ3) is 5.67. The molecule has 1 fully saturated rings. The van der Waals surface area contributed by atoms with Crippen molar-refractivity contribution < 1.29 is 14.1 Å². The predicted molar refractivity (Wildman–Crippen MR) is 129 cm³/mol. The maximum absolute atomic E-state index is 12.1. The minimum absolute atomic E-state index is 0.0205. The smallest absolute Gasteiger partial charge is 0.124 e. The first-order chi connectivity index (χ1) is 15.7. The molecule has 0 saturated heterocycles. The molecule has 1 aliphatic carbocycles. The highest BCUT2D eigenvalue weighted by Crippen LogP contribution is 2.32. The Bertz CT molecular complexity index is 1340. The Morgan fingerprint density at radius 1 is 1.18 bits per heavy atom. The molecule has 8 heteroatoms. The van der Waals surface area contributed by atoms with Gasteiger partial charge in [-0.05, 0) is 62.4 Å². The fourth-order valence-electron chi connectivity index (χ4n) is 4.30. The van der Waals surface area contributed by atoms with Gasteiger partial charge in [-0.25, -0.2) is 14.2 Å². The van der Waals surface area contributed by atoms with E-state index in [2.05, 4.69) is 20.4 Å². The van der Waals surface area contributed by atoms with E-state index in [-0.39, 0.29) is 12.2 Å². The molecule has 0 bridgehead atoms. The average molecular weight is 465 g/mol. The van der Waals surface area contributed by atoms with Crippen LogP contribution >= 0.6 is 0 Å². The van der Waals surface area contributed by atoms with Gasteiger partial charge in [0.05, 0.1) is 40.7 Å². The SMILES string of the molecule is Cc1cc(N=S(C)(C)=O)cc2ncnc(Cc3ccc(C#N)cc3OC3CCC(O)CC3)c12. The van der Waals surface area contributed by atoms with Crippen LogP contribution in [0.15, 0.2) is 41.0 Å². The number of aliphatic hydroxyl groups excluding tert-OH is 1. The van der Waals surface area contributed by atoms with E-state index in [0.717, 1.165) is 53.4 Å². The Labute approximate surface area is 194 Å². The van der Waals surface area contributed by atoms with Crippen LogP contribution in [0.25, 0.3) is 10.9 Å². The number of aryl methyl sites for hydroxylation is 1. The van der Waals surface area contributed by atoms with Crippen LogP contribution in [0, 0.1) is 18.3 Å². The number of benzene rings is 2. The molecular formula is C25H28N4O3S. The number of aliphatic hydroxyl groups is 1. The molecule has 0 aliphatic heterocycles. The molecule has 1 saturated carbocycles. The first-order valence-electron chi connectivity index (χ1n) is 11.0. The van der Waals surface area contributed by atoms with E-state index in [4.69, 9.17) is 4.74 Å². The van der Waals surface area contributed by atoms with Gasteiger partial charge in [0.2, 0.25) is 0 Å². The lowest BCUT2D eigenvalue weighted by Gasteiger charge is -2.27. The molecule has 1 aromatic heterocycles. The highest BCUT2D eigenvalue weighted by atomic mass is 32.2. The summed E-state index contributed by atoms with van der Waals surface area (Å²) in [6, 6.07) is 11.4. The van der Waals surface area contributed by atoms with E-state index in [1.165, 1.54) is 6.33 Å². The van der Waals surface area contributed by atoms with E-state index < -0.39 is 9.73 Å². The lowest BCUT2D eigenvalue weighted by molar-refractivity contribution is 0.0662. The molecule has 33 heavy (non-hydrogen) atoms. The third-order valence-corrected chi connectivity index (χ3v) is 6.47. The van der Waals surface area contributed by atoms with Crippen molar-refractivity contribution >= 4 is 26.3 Å². The molecule has 2 aromatic carbocycles. The van der Waals surface area contributed by atoms with Crippen LogP contribution in [0.3, 0.4) is 0 Å². The van der Waals surface area contributed by atoms with Crippen LogP contribution in [0.2, 0.25) is 0 Å². The van der Waals surface area contributed by atoms with Crippen LogP contribution in [0.1, 0.15) is 48.1 Å². The van der Waals surface area contributed by atoms with Crippen molar-refractivity contribution in [3.05, 3.63) is 59.0 Å². The molecule has 0 unspecified atom stereocenters. The van der Waals surface area contributed by atoms with Crippen molar-refractivity contribution in [2.75, 3.05) is 12.5 Å². The number of nitrogens with zero attached hydrogens (tertiary/aromatic N) is 4. The van der Waals surface area contributed by atoms with Gasteiger partial charge in [-0.2, -0.15) is 9.62 Å². The second-order valence-corrected chi connectivity index (χ2v) is 11.5. The van der Waals surface area contributed by atoms with Gasteiger partial charge in [0.15, 0.2) is 0 Å². The molecule has 172 valence electrons. The minimum Gasteiger partial charge on any atom is -0.490 e. The van der Waals surface area contributed by atoms with Gasteiger partial charge >= 0.3 is 0 Å². The Morgan fingerprint density at radius 2 is 1.94 bits per heavy atom. The zero-order valence-electron chi connectivity index (χ0n) is 19.1. The van der Waals surface area contributed by atoms with E-state index >= 15 is 0 Å². The van der Waals surface area contributed by atoms with Gasteiger partial charge in [-0.15, -0.1) is 0 Å². The predicted octanol–water partition coefficient (Wildman–Crippen LogP) is 4.44. The van der Waals surface area contributed by atoms with E-state index in [0.29, 0.717) is 23.4 Å². The minimum atomic E-state index is -2.28. The first kappa shape index (κ1) is 23.1. The number of hydrogen-bond acceptors (Lipinski definition) is 7. The van der Waals surface area contributed by atoms with Crippen molar-refractivity contribution in [1.29, 1.82) is 5.26 Å². The quantitative estimate of drug-likeness (QED) is 0.598. The highest BCUT2D eigenvalue weighted by molar-refractivity contribution is 7.92. The van der Waals surface area contributed by atoms with Gasteiger partial charge in [0, 0.05) is 39.6 Å². The number of rotatable bonds is 5. The normalized spacial score (nSPS) is 18.6. The summed E-state index contributed by atoms with van der Waals surface area (Å²) in [7, 11) is -2.28. The maximum Gasteiger partial charge on any atom is 0.124 e. The van der Waals surface area contributed by atoms with Crippen LogP contribution < -0.4 is 4.74 Å². The van der Waals surface area contributed by atoms with Crippen molar-refractivity contribution in [3.8, 4) is 11.8 Å². The van der Waals surface area contributed by atoms with Gasteiger partial charge < -0.3 is 9.84 Å². The molecule has 3 aromatic rings. The second kappa shape index (κ2) is 9.46. The van der Waals surface area contributed by atoms with Gasteiger partial charge in [0.25, 0.3) is 0 Å². The lowest BCUT2D eigenvalue weighted by atomic mass is 9.95. The molecule has 1 heterocycles. The summed E-state index contributed by atoms with van der Waals surface area (Å²) in [6.07, 6.45) is 8.06. The molecule has 1 N–H and O–H groups in total. The summed E-state index contributed by atoms with van der Waals surface area (Å²) in [5.41, 5.74) is 4.69. The van der Waals surface area contributed by atoms with Crippen molar-refractivity contribution in [2.45, 2.75) is 51.2 Å². The topological polar surface area (TPSA) is 108 Å². The summed E-state index contributed by atoms with van der Waals surface area (Å²) >= 11 is 0. The molecule has 1 aliphatic rings. The van der Waals surface area contributed by atoms with Gasteiger partial charge in [0.1, 0.15) is 12.1 Å². The van der Waals surface area contributed by atoms with E-state index in [1.54, 1.807) is 24.6 Å². The fraction of sp³-hybridized carbons (Fsp3) is 0.400. The number of nitriles is 1. The van der Waals surface area contributed by atoms with Crippen LogP contribution in [0.4, 0.5) is 5.69 Å². The highest BCUT2D eigenvalue weighted by Gasteiger charge is 2.22. The first-order valence-corrected chi connectivity index (χ1v) is 13.3. The van der Waals surface area contributed by atoms with Gasteiger partial charge in [-0.3, -0.25) is 0 Å². The Hall–Kier alpha value is -3.02. The monoisotopic (exact) mass is 464 g/mol. The third-order valence-electron chi connectivity index (χ3n) is 5.82. The summed E-state index contributed by atoms with van der Waals surface area (Å²) < 4.78 is 22.8. The Kier molecular flexibility index (Phi) is 6.63. The van der Waals surface area contributed by atoms with Crippen molar-refractivity contribution in [3.63, 3.8) is 0 Å². The summed E-state index contributed by atoms with van der Waals surface area (Å²) in [5.74, 6) is 0.683. The van der Waals surface area contributed by atoms with E-state index in [9.17, 15) is 14.6 Å². The van der Waals surface area contributed by atoms with Crippen molar-refractivity contribution in [2.24, 2.45) is 4.36 Å². The molecule has 7 nitrogen and oxygen atoms in total. The average Bonchev–Trinajstić information content (AvgIpc) is 2.75. The summed E-state index contributed by atoms with van der Waals surface area (Å²) in [5, 5.41) is 20.1. The summed E-state index contributed by atoms with van der Waals surface area (Å²) in [6.45, 7) is 1.98. The molecular weight excluding hydrogens is 436 g/mol. The number of fused-ring (bicyclic) bond motifs is 1. The molecule has 0 radical (unpaired) electrons. The molecule has 0 amide bonds. The lowest BCUT2D eigenvalue weighted by Crippen LogP contribution is -2.26. The van der Waals surface area contributed by atoms with Crippen LogP contribution in [0.5, 0.6) is 5.75 Å². The second-order valence-electron chi connectivity index (χ2n) is 8.91. The fourth-order valence-corrected chi connectivity index (χ4v) is 4.91. The molecule has 0 spiro atoms. The Balaban J connectivity index is 1.71. The zero-order chi connectivity index (χ0) is 23.6. The molecule has 4 rings (SSSR count). The van der Waals surface area contributed by atoms with E-state index in [1.807, 2.05) is 25.1 Å².